The Morgan fingerprint density at radius 3 is 2.81 bits per heavy atom. The summed E-state index contributed by atoms with van der Waals surface area (Å²) in [7, 11) is 0. The molecule has 0 bridgehead atoms. The predicted molar refractivity (Wildman–Crippen MR) is 82.2 cm³/mol. The summed E-state index contributed by atoms with van der Waals surface area (Å²) in [6.07, 6.45) is 6.04. The van der Waals surface area contributed by atoms with Crippen molar-refractivity contribution in [2.24, 2.45) is 11.7 Å². The van der Waals surface area contributed by atoms with E-state index in [0.717, 1.165) is 12.2 Å². The van der Waals surface area contributed by atoms with Gasteiger partial charge in [0, 0.05) is 18.6 Å². The van der Waals surface area contributed by atoms with E-state index in [9.17, 15) is 4.79 Å². The second kappa shape index (κ2) is 6.49. The fourth-order valence-corrected chi connectivity index (χ4v) is 2.02. The first kappa shape index (κ1) is 15.2. The van der Waals surface area contributed by atoms with Crippen LogP contribution < -0.4 is 11.1 Å². The number of pyridine rings is 1. The van der Waals surface area contributed by atoms with Gasteiger partial charge in [-0.3, -0.25) is 9.36 Å². The molecule has 2 aromatic heterocycles. The molecule has 1 amide bonds. The summed E-state index contributed by atoms with van der Waals surface area (Å²) in [6, 6.07) is 3.05. The number of nitrogens with one attached hydrogen (secondary N) is 1. The second-order valence-corrected chi connectivity index (χ2v) is 5.12. The molecule has 0 aliphatic rings. The lowest BCUT2D eigenvalue weighted by molar-refractivity contribution is -0.118. The summed E-state index contributed by atoms with van der Waals surface area (Å²) in [4.78, 5) is 20.7. The van der Waals surface area contributed by atoms with Crippen LogP contribution in [0.15, 0.2) is 30.7 Å². The predicted octanol–water partition coefficient (Wildman–Crippen LogP) is 1.89. The standard InChI is InChI=1S/C15H21N5O/c1-4-10(2)13(16)15(21)19-12-6-5-7-18-14(12)20-9-8-17-11(20)3/h5-10,13H,4,16H2,1-3H3,(H,19,21)/t10-,13-/m0/s1. The Balaban J connectivity index is 2.26. The van der Waals surface area contributed by atoms with Crippen molar-refractivity contribution in [3.05, 3.63) is 36.5 Å². The molecule has 0 saturated heterocycles. The topological polar surface area (TPSA) is 85.8 Å². The monoisotopic (exact) mass is 287 g/mol. The van der Waals surface area contributed by atoms with E-state index in [1.54, 1.807) is 18.5 Å². The first-order valence-electron chi connectivity index (χ1n) is 7.06. The van der Waals surface area contributed by atoms with Gasteiger partial charge in [-0.15, -0.1) is 0 Å². The van der Waals surface area contributed by atoms with Gasteiger partial charge in [0.2, 0.25) is 5.91 Å². The van der Waals surface area contributed by atoms with Gasteiger partial charge in [-0.2, -0.15) is 0 Å². The van der Waals surface area contributed by atoms with Gasteiger partial charge in [-0.25, -0.2) is 9.97 Å². The Labute approximate surface area is 124 Å². The van der Waals surface area contributed by atoms with Gasteiger partial charge in [-0.1, -0.05) is 20.3 Å². The quantitative estimate of drug-likeness (QED) is 0.879. The third-order valence-corrected chi connectivity index (χ3v) is 3.66. The molecule has 2 rings (SSSR count). The van der Waals surface area contributed by atoms with Crippen LogP contribution in [0.1, 0.15) is 26.1 Å². The van der Waals surface area contributed by atoms with Crippen molar-refractivity contribution < 1.29 is 4.79 Å². The van der Waals surface area contributed by atoms with E-state index >= 15 is 0 Å². The van der Waals surface area contributed by atoms with Gasteiger partial charge in [0.25, 0.3) is 0 Å². The molecule has 3 N–H and O–H groups in total. The normalized spacial score (nSPS) is 13.7. The Kier molecular flexibility index (Phi) is 4.70. The van der Waals surface area contributed by atoms with E-state index in [1.807, 2.05) is 37.6 Å². The molecule has 0 aliphatic carbocycles. The highest BCUT2D eigenvalue weighted by Crippen LogP contribution is 2.19. The number of amides is 1. The number of hydrogen-bond donors (Lipinski definition) is 2. The number of anilines is 1. The van der Waals surface area contributed by atoms with Crippen LogP contribution in [0.25, 0.3) is 5.82 Å². The number of carbonyl (C=O) groups excluding carboxylic acids is 1. The number of nitrogens with zero attached hydrogens (tertiary/aromatic N) is 3. The van der Waals surface area contributed by atoms with E-state index in [1.165, 1.54) is 0 Å². The van der Waals surface area contributed by atoms with Crippen LogP contribution in [0.2, 0.25) is 0 Å². The maximum Gasteiger partial charge on any atom is 0.241 e. The molecule has 0 aliphatic heterocycles. The summed E-state index contributed by atoms with van der Waals surface area (Å²) in [6.45, 7) is 5.86. The van der Waals surface area contributed by atoms with Crippen LogP contribution in [0.4, 0.5) is 5.69 Å². The fraction of sp³-hybridized carbons (Fsp3) is 0.400. The molecular formula is C15H21N5O. The van der Waals surface area contributed by atoms with Gasteiger partial charge in [-0.05, 0) is 25.0 Å². The molecule has 2 aromatic rings. The first-order valence-corrected chi connectivity index (χ1v) is 7.06. The van der Waals surface area contributed by atoms with Crippen LogP contribution in [0.5, 0.6) is 0 Å². The Morgan fingerprint density at radius 1 is 1.43 bits per heavy atom. The zero-order valence-electron chi connectivity index (χ0n) is 12.6. The third-order valence-electron chi connectivity index (χ3n) is 3.66. The minimum absolute atomic E-state index is 0.125. The Morgan fingerprint density at radius 2 is 2.19 bits per heavy atom. The van der Waals surface area contributed by atoms with Crippen molar-refractivity contribution in [3.63, 3.8) is 0 Å². The summed E-state index contributed by atoms with van der Waals surface area (Å²) >= 11 is 0. The largest absolute Gasteiger partial charge is 0.322 e. The van der Waals surface area contributed by atoms with Crippen molar-refractivity contribution in [1.82, 2.24) is 14.5 Å². The van der Waals surface area contributed by atoms with E-state index in [4.69, 9.17) is 5.73 Å². The average Bonchev–Trinajstić information content (AvgIpc) is 2.92. The smallest absolute Gasteiger partial charge is 0.241 e. The molecule has 0 saturated carbocycles. The molecule has 2 heterocycles. The number of hydrogen-bond acceptors (Lipinski definition) is 4. The zero-order valence-corrected chi connectivity index (χ0v) is 12.6. The van der Waals surface area contributed by atoms with Crippen molar-refractivity contribution in [3.8, 4) is 5.82 Å². The van der Waals surface area contributed by atoms with Gasteiger partial charge in [0.15, 0.2) is 5.82 Å². The highest BCUT2D eigenvalue weighted by molar-refractivity contribution is 5.96. The molecule has 6 heteroatoms. The number of aryl methyl sites for hydroxylation is 1. The highest BCUT2D eigenvalue weighted by Gasteiger charge is 2.21. The Bertz CT molecular complexity index is 622. The van der Waals surface area contributed by atoms with Crippen molar-refractivity contribution in [2.75, 3.05) is 5.32 Å². The molecule has 0 spiro atoms. The lowest BCUT2D eigenvalue weighted by Crippen LogP contribution is -2.40. The summed E-state index contributed by atoms with van der Waals surface area (Å²) in [5.41, 5.74) is 6.59. The minimum atomic E-state index is -0.535. The highest BCUT2D eigenvalue weighted by atomic mass is 16.2. The van der Waals surface area contributed by atoms with Crippen molar-refractivity contribution in [1.29, 1.82) is 0 Å². The fourth-order valence-electron chi connectivity index (χ4n) is 2.02. The van der Waals surface area contributed by atoms with Gasteiger partial charge >= 0.3 is 0 Å². The summed E-state index contributed by atoms with van der Waals surface area (Å²) in [5, 5.41) is 2.87. The molecular weight excluding hydrogens is 266 g/mol. The molecule has 0 aromatic carbocycles. The van der Waals surface area contributed by atoms with E-state index in [-0.39, 0.29) is 11.8 Å². The summed E-state index contributed by atoms with van der Waals surface area (Å²) in [5.74, 6) is 1.36. The minimum Gasteiger partial charge on any atom is -0.322 e. The lowest BCUT2D eigenvalue weighted by atomic mass is 9.99. The number of nitrogens with two attached hydrogens (primary N) is 1. The maximum absolute atomic E-state index is 12.2. The number of carbonyl (C=O) groups is 1. The van der Waals surface area contributed by atoms with E-state index < -0.39 is 6.04 Å². The number of rotatable bonds is 5. The van der Waals surface area contributed by atoms with Gasteiger partial charge in [0.05, 0.1) is 11.7 Å². The molecule has 0 radical (unpaired) electrons. The van der Waals surface area contributed by atoms with Crippen LogP contribution in [0.3, 0.4) is 0 Å². The second-order valence-electron chi connectivity index (χ2n) is 5.12. The van der Waals surface area contributed by atoms with E-state index in [0.29, 0.717) is 11.5 Å². The van der Waals surface area contributed by atoms with Crippen LogP contribution >= 0.6 is 0 Å². The molecule has 21 heavy (non-hydrogen) atoms. The molecule has 6 nitrogen and oxygen atoms in total. The SMILES string of the molecule is CC[C@H](C)[C@H](N)C(=O)Nc1cccnc1-n1ccnc1C. The van der Waals surface area contributed by atoms with Crippen LogP contribution in [-0.4, -0.2) is 26.5 Å². The molecule has 2 atom stereocenters. The first-order chi connectivity index (χ1) is 10.0. The third kappa shape index (κ3) is 3.28. The number of aromatic nitrogens is 3. The van der Waals surface area contributed by atoms with Crippen LogP contribution in [0, 0.1) is 12.8 Å². The van der Waals surface area contributed by atoms with Gasteiger partial charge in [0.1, 0.15) is 5.82 Å². The lowest BCUT2D eigenvalue weighted by Gasteiger charge is -2.19. The summed E-state index contributed by atoms with van der Waals surface area (Å²) < 4.78 is 1.82. The number of imidazole rings is 1. The van der Waals surface area contributed by atoms with Crippen LogP contribution in [-0.2, 0) is 4.79 Å². The average molecular weight is 287 g/mol. The van der Waals surface area contributed by atoms with Crippen molar-refractivity contribution in [2.45, 2.75) is 33.2 Å². The molecule has 112 valence electrons. The zero-order chi connectivity index (χ0) is 15.4. The maximum atomic E-state index is 12.2. The molecule has 0 fully saturated rings. The Hall–Kier alpha value is -2.21. The van der Waals surface area contributed by atoms with Crippen molar-refractivity contribution >= 4 is 11.6 Å². The van der Waals surface area contributed by atoms with Gasteiger partial charge < -0.3 is 11.1 Å². The van der Waals surface area contributed by atoms with E-state index in [2.05, 4.69) is 15.3 Å². The molecule has 0 unspecified atom stereocenters.